The van der Waals surface area contributed by atoms with Crippen molar-refractivity contribution in [2.24, 2.45) is 0 Å². The quantitative estimate of drug-likeness (QED) is 0.366. The third kappa shape index (κ3) is 5.52. The van der Waals surface area contributed by atoms with Crippen LogP contribution in [0.4, 0.5) is 18.9 Å². The topological polar surface area (TPSA) is 59.5 Å². The number of benzene rings is 2. The molecule has 0 radical (unpaired) electrons. The lowest BCUT2D eigenvalue weighted by Gasteiger charge is -2.25. The fourth-order valence-electron chi connectivity index (χ4n) is 4.16. The maximum atomic E-state index is 13.3. The van der Waals surface area contributed by atoms with Crippen LogP contribution in [0.3, 0.4) is 0 Å². The molecule has 34 heavy (non-hydrogen) atoms. The summed E-state index contributed by atoms with van der Waals surface area (Å²) in [6.45, 7) is -0.501. The first-order valence-corrected chi connectivity index (χ1v) is 12.5. The molecule has 1 aromatic heterocycles. The van der Waals surface area contributed by atoms with E-state index < -0.39 is 22.1 Å². The molecular weight excluding hydrogens is 465 g/mol. The Balaban J connectivity index is 1.51. The van der Waals surface area contributed by atoms with Crippen LogP contribution in [0.1, 0.15) is 49.1 Å². The first kappa shape index (κ1) is 24.1. The van der Waals surface area contributed by atoms with Crippen LogP contribution in [0.5, 0.6) is 11.5 Å². The fourth-order valence-corrected chi connectivity index (χ4v) is 5.13. The van der Waals surface area contributed by atoms with Gasteiger partial charge < -0.3 is 4.74 Å². The van der Waals surface area contributed by atoms with Crippen LogP contribution in [0.2, 0.25) is 0 Å². The van der Waals surface area contributed by atoms with Crippen molar-refractivity contribution in [2.75, 3.05) is 4.31 Å². The molecule has 5 nitrogen and oxygen atoms in total. The molecule has 0 spiro atoms. The summed E-state index contributed by atoms with van der Waals surface area (Å²) < 4.78 is 70.6. The van der Waals surface area contributed by atoms with Gasteiger partial charge in [-0.3, -0.25) is 9.29 Å². The molecule has 0 saturated heterocycles. The summed E-state index contributed by atoms with van der Waals surface area (Å²) in [6.07, 6.45) is 8.95. The van der Waals surface area contributed by atoms with E-state index in [-0.39, 0.29) is 5.69 Å². The molecule has 1 saturated carbocycles. The van der Waals surface area contributed by atoms with Crippen molar-refractivity contribution in [3.05, 3.63) is 84.2 Å². The number of aromatic nitrogens is 1. The third-order valence-electron chi connectivity index (χ3n) is 5.95. The summed E-state index contributed by atoms with van der Waals surface area (Å²) in [5.41, 5.74) is -3.95. The zero-order chi connectivity index (χ0) is 24.2. The second-order valence-electron chi connectivity index (χ2n) is 8.32. The molecular formula is C25H25F3N2O3S. The molecule has 4 rings (SSSR count). The summed E-state index contributed by atoms with van der Waals surface area (Å²) >= 11 is 0. The minimum absolute atomic E-state index is 0.124. The molecule has 0 atom stereocenters. The molecule has 1 aliphatic carbocycles. The second kappa shape index (κ2) is 10.0. The van der Waals surface area contributed by atoms with Gasteiger partial charge in [0.25, 0.3) is 0 Å². The van der Waals surface area contributed by atoms with Crippen LogP contribution in [-0.2, 0) is 16.6 Å². The Morgan fingerprint density at radius 2 is 1.53 bits per heavy atom. The maximum Gasteiger partial charge on any atom is 0.516 e. The predicted octanol–water partition coefficient (Wildman–Crippen LogP) is 6.78. The van der Waals surface area contributed by atoms with Crippen LogP contribution < -0.4 is 9.04 Å². The van der Waals surface area contributed by atoms with Crippen molar-refractivity contribution in [1.82, 2.24) is 4.98 Å². The van der Waals surface area contributed by atoms with Gasteiger partial charge in [0.1, 0.15) is 11.5 Å². The van der Waals surface area contributed by atoms with E-state index in [1.807, 2.05) is 24.3 Å². The maximum absolute atomic E-state index is 13.3. The van der Waals surface area contributed by atoms with Crippen molar-refractivity contribution in [2.45, 2.75) is 50.1 Å². The molecule has 180 valence electrons. The molecule has 0 N–H and O–H groups in total. The molecule has 9 heteroatoms. The van der Waals surface area contributed by atoms with E-state index in [9.17, 15) is 21.6 Å². The van der Waals surface area contributed by atoms with E-state index in [0.29, 0.717) is 27.3 Å². The molecule has 2 aromatic carbocycles. The van der Waals surface area contributed by atoms with Crippen LogP contribution in [0, 0.1) is 0 Å². The number of hydrogen-bond acceptors (Lipinski definition) is 4. The van der Waals surface area contributed by atoms with Crippen molar-refractivity contribution < 1.29 is 26.3 Å². The Bertz CT molecular complexity index is 1180. The van der Waals surface area contributed by atoms with Gasteiger partial charge in [-0.15, -0.1) is 0 Å². The lowest BCUT2D eigenvalue weighted by molar-refractivity contribution is -0.0438. The number of anilines is 1. The summed E-state index contributed by atoms with van der Waals surface area (Å²) in [5, 5.41) is 0. The van der Waals surface area contributed by atoms with E-state index in [4.69, 9.17) is 4.74 Å². The number of ether oxygens (including phenoxy) is 1. The van der Waals surface area contributed by atoms with Gasteiger partial charge in [0.2, 0.25) is 0 Å². The molecule has 1 heterocycles. The highest BCUT2D eigenvalue weighted by Crippen LogP contribution is 2.35. The molecule has 3 aromatic rings. The van der Waals surface area contributed by atoms with Gasteiger partial charge in [-0.05, 0) is 72.4 Å². The Labute approximate surface area is 197 Å². The Morgan fingerprint density at radius 1 is 0.912 bits per heavy atom. The molecule has 0 aliphatic heterocycles. The Morgan fingerprint density at radius 3 is 2.09 bits per heavy atom. The summed E-state index contributed by atoms with van der Waals surface area (Å²) in [5.74, 6) is 1.56. The highest BCUT2D eigenvalue weighted by molar-refractivity contribution is 7.93. The normalized spacial score (nSPS) is 15.1. The average Bonchev–Trinajstić information content (AvgIpc) is 2.84. The Hall–Kier alpha value is -3.07. The number of nitrogens with zero attached hydrogens (tertiary/aromatic N) is 2. The summed E-state index contributed by atoms with van der Waals surface area (Å²) in [6, 6.07) is 16.4. The first-order valence-electron chi connectivity index (χ1n) is 11.1. The zero-order valence-electron chi connectivity index (χ0n) is 18.4. The van der Waals surface area contributed by atoms with Crippen molar-refractivity contribution in [3.63, 3.8) is 0 Å². The number of hydrogen-bond donors (Lipinski definition) is 0. The van der Waals surface area contributed by atoms with Gasteiger partial charge in [-0.2, -0.15) is 21.6 Å². The van der Waals surface area contributed by atoms with E-state index in [1.165, 1.54) is 86.5 Å². The lowest BCUT2D eigenvalue weighted by Crippen LogP contribution is -2.40. The van der Waals surface area contributed by atoms with Crippen LogP contribution in [-0.4, -0.2) is 18.9 Å². The first-order chi connectivity index (χ1) is 16.2. The van der Waals surface area contributed by atoms with Crippen LogP contribution in [0.25, 0.3) is 0 Å². The van der Waals surface area contributed by atoms with E-state index in [0.717, 1.165) is 0 Å². The lowest BCUT2D eigenvalue weighted by atomic mass is 9.84. The fraction of sp³-hybridized carbons (Fsp3) is 0.320. The van der Waals surface area contributed by atoms with E-state index in [1.54, 1.807) is 0 Å². The van der Waals surface area contributed by atoms with Crippen LogP contribution in [0.15, 0.2) is 73.1 Å². The SMILES string of the molecule is O=S(=O)(N(Cc1cccnc1)c1ccc(Oc2ccc(C3CCCCC3)cc2)cc1)C(F)(F)F. The van der Waals surface area contributed by atoms with E-state index in [2.05, 4.69) is 4.98 Å². The average molecular weight is 491 g/mol. The summed E-state index contributed by atoms with van der Waals surface area (Å²) in [4.78, 5) is 3.85. The molecule has 0 amide bonds. The number of halogens is 3. The van der Waals surface area contributed by atoms with Gasteiger partial charge in [0, 0.05) is 12.4 Å². The van der Waals surface area contributed by atoms with Gasteiger partial charge in [0.15, 0.2) is 0 Å². The smallest absolute Gasteiger partial charge is 0.457 e. The van der Waals surface area contributed by atoms with Gasteiger partial charge in [0.05, 0.1) is 12.2 Å². The van der Waals surface area contributed by atoms with E-state index >= 15 is 0 Å². The van der Waals surface area contributed by atoms with Gasteiger partial charge in [-0.1, -0.05) is 37.5 Å². The minimum Gasteiger partial charge on any atom is -0.457 e. The standard InChI is InChI=1S/C25H25F3N2O3S/c26-25(27,28)34(31,32)30(18-19-5-4-16-29-17-19)22-10-14-24(15-11-22)33-23-12-8-21(9-13-23)20-6-2-1-3-7-20/h4-5,8-17,20H,1-3,6-7,18H2. The molecule has 0 unspecified atom stereocenters. The monoisotopic (exact) mass is 490 g/mol. The van der Waals surface area contributed by atoms with Gasteiger partial charge in [-0.25, -0.2) is 0 Å². The molecule has 0 bridgehead atoms. The highest BCUT2D eigenvalue weighted by Gasteiger charge is 2.50. The number of alkyl halides is 3. The predicted molar refractivity (Wildman–Crippen MR) is 124 cm³/mol. The van der Waals surface area contributed by atoms with Crippen LogP contribution >= 0.6 is 0 Å². The second-order valence-corrected chi connectivity index (χ2v) is 10.2. The van der Waals surface area contributed by atoms with Gasteiger partial charge >= 0.3 is 15.5 Å². The Kier molecular flexibility index (Phi) is 7.11. The van der Waals surface area contributed by atoms with Crippen molar-refractivity contribution >= 4 is 15.7 Å². The van der Waals surface area contributed by atoms with Crippen molar-refractivity contribution in [3.8, 4) is 11.5 Å². The zero-order valence-corrected chi connectivity index (χ0v) is 19.2. The number of sulfonamides is 1. The summed E-state index contributed by atoms with van der Waals surface area (Å²) in [7, 11) is -5.61. The number of pyridine rings is 1. The van der Waals surface area contributed by atoms with Crippen molar-refractivity contribution in [1.29, 1.82) is 0 Å². The molecule has 1 aliphatic rings. The minimum atomic E-state index is -5.61. The largest absolute Gasteiger partial charge is 0.516 e. The number of rotatable bonds is 7. The molecule has 1 fully saturated rings. The highest BCUT2D eigenvalue weighted by atomic mass is 32.2. The third-order valence-corrected chi connectivity index (χ3v) is 7.45.